The molecule has 0 saturated heterocycles. The van der Waals surface area contributed by atoms with Gasteiger partial charge in [-0.3, -0.25) is 4.79 Å². The van der Waals surface area contributed by atoms with Crippen LogP contribution in [0.25, 0.3) is 0 Å². The second-order valence-corrected chi connectivity index (χ2v) is 13.8. The van der Waals surface area contributed by atoms with Crippen molar-refractivity contribution in [3.63, 3.8) is 0 Å². The molecule has 5 nitrogen and oxygen atoms in total. The van der Waals surface area contributed by atoms with Crippen LogP contribution in [0, 0.1) is 38.5 Å². The van der Waals surface area contributed by atoms with Gasteiger partial charge in [0.05, 0.1) is 11.4 Å². The number of hydrogen-bond donors (Lipinski definition) is 3. The Morgan fingerprint density at radius 3 is 2.12 bits per heavy atom. The average Bonchev–Trinajstić information content (AvgIpc) is 2.88. The number of nitrogens with one attached hydrogen (secondary N) is 1. The van der Waals surface area contributed by atoms with Crippen molar-refractivity contribution >= 4 is 23.0 Å². The molecular weight excluding hydrogens is 506 g/mol. The predicted molar refractivity (Wildman–Crippen MR) is 176 cm³/mol. The molecule has 2 aromatic carbocycles. The van der Waals surface area contributed by atoms with Crippen molar-refractivity contribution in [1.29, 1.82) is 0 Å². The van der Waals surface area contributed by atoms with Gasteiger partial charge in [-0.25, -0.2) is 0 Å². The molecule has 3 atom stereocenters. The third kappa shape index (κ3) is 8.90. The highest BCUT2D eigenvalue weighted by atomic mass is 16.5. The summed E-state index contributed by atoms with van der Waals surface area (Å²) in [5.74, 6) is 3.28. The van der Waals surface area contributed by atoms with Crippen molar-refractivity contribution in [2.24, 2.45) is 17.8 Å². The fraction of sp³-hybridized carbons (Fsp3) is 0.639. The molecule has 5 heteroatoms. The maximum Gasteiger partial charge on any atom is 0.256 e. The summed E-state index contributed by atoms with van der Waals surface area (Å²) in [4.78, 5) is 13.4. The van der Waals surface area contributed by atoms with Crippen LogP contribution < -0.4 is 21.5 Å². The SMILES string of the molecule is Cc1c(C)c(C(=O)Nc2ccc(N)cc2N)c(C)c2c1OC(C)(CCCC(C)CCCC(C)CCCC(C)C)CC2. The first-order valence-corrected chi connectivity index (χ1v) is 16.1. The summed E-state index contributed by atoms with van der Waals surface area (Å²) in [5.41, 5.74) is 18.3. The molecule has 0 spiro atoms. The van der Waals surface area contributed by atoms with Crippen molar-refractivity contribution in [2.45, 2.75) is 132 Å². The number of nitrogens with two attached hydrogens (primary N) is 2. The molecule has 41 heavy (non-hydrogen) atoms. The Kier molecular flexibility index (Phi) is 11.6. The first-order valence-electron chi connectivity index (χ1n) is 16.1. The molecule has 3 unspecified atom stereocenters. The lowest BCUT2D eigenvalue weighted by molar-refractivity contribution is 0.0513. The molecule has 2 aromatic rings. The van der Waals surface area contributed by atoms with E-state index in [4.69, 9.17) is 16.2 Å². The topological polar surface area (TPSA) is 90.4 Å². The normalized spacial score (nSPS) is 18.1. The first kappa shape index (κ1) is 32.8. The molecular formula is C36H57N3O2. The molecule has 1 aliphatic heterocycles. The number of ether oxygens (including phenoxy) is 1. The highest BCUT2D eigenvalue weighted by Gasteiger charge is 2.35. The van der Waals surface area contributed by atoms with Gasteiger partial charge in [0.2, 0.25) is 0 Å². The average molecular weight is 564 g/mol. The third-order valence-electron chi connectivity index (χ3n) is 9.46. The summed E-state index contributed by atoms with van der Waals surface area (Å²) in [6, 6.07) is 5.16. The molecule has 0 aromatic heterocycles. The van der Waals surface area contributed by atoms with Crippen LogP contribution in [0.5, 0.6) is 5.75 Å². The summed E-state index contributed by atoms with van der Waals surface area (Å²) >= 11 is 0. The summed E-state index contributed by atoms with van der Waals surface area (Å²) in [5, 5.41) is 3.00. The van der Waals surface area contributed by atoms with E-state index in [0.717, 1.165) is 65.0 Å². The summed E-state index contributed by atoms with van der Waals surface area (Å²) in [6.07, 6.45) is 13.6. The van der Waals surface area contributed by atoms with Crippen molar-refractivity contribution in [2.75, 3.05) is 16.8 Å². The number of amides is 1. The van der Waals surface area contributed by atoms with Crippen molar-refractivity contribution in [1.82, 2.24) is 0 Å². The van der Waals surface area contributed by atoms with Crippen molar-refractivity contribution in [3.8, 4) is 5.75 Å². The minimum Gasteiger partial charge on any atom is -0.487 e. The fourth-order valence-corrected chi connectivity index (χ4v) is 6.51. The Hall–Kier alpha value is -2.69. The zero-order chi connectivity index (χ0) is 30.3. The lowest BCUT2D eigenvalue weighted by atomic mass is 9.82. The van der Waals surface area contributed by atoms with Crippen LogP contribution in [0.15, 0.2) is 18.2 Å². The number of hydrogen-bond acceptors (Lipinski definition) is 4. The molecule has 5 N–H and O–H groups in total. The predicted octanol–water partition coefficient (Wildman–Crippen LogP) is 9.55. The Labute approximate surface area is 250 Å². The number of carbonyl (C=O) groups is 1. The molecule has 3 rings (SSSR count). The number of nitrogen functional groups attached to an aromatic ring is 2. The van der Waals surface area contributed by atoms with E-state index in [2.05, 4.69) is 46.9 Å². The van der Waals surface area contributed by atoms with Gasteiger partial charge in [0.1, 0.15) is 11.4 Å². The highest BCUT2D eigenvalue weighted by molar-refractivity contribution is 6.08. The molecule has 0 radical (unpaired) electrons. The molecule has 0 aliphatic carbocycles. The summed E-state index contributed by atoms with van der Waals surface area (Å²) < 4.78 is 6.78. The lowest BCUT2D eigenvalue weighted by Crippen LogP contribution is -2.37. The Morgan fingerprint density at radius 2 is 1.51 bits per heavy atom. The second kappa shape index (κ2) is 14.5. The van der Waals surface area contributed by atoms with Crippen LogP contribution in [0.2, 0.25) is 0 Å². The van der Waals surface area contributed by atoms with Gasteiger partial charge in [-0.1, -0.05) is 72.6 Å². The second-order valence-electron chi connectivity index (χ2n) is 13.8. The number of carbonyl (C=O) groups excluding carboxylic acids is 1. The Bertz CT molecular complexity index is 1190. The van der Waals surface area contributed by atoms with Gasteiger partial charge in [-0.15, -0.1) is 0 Å². The Balaban J connectivity index is 1.55. The molecule has 0 saturated carbocycles. The summed E-state index contributed by atoms with van der Waals surface area (Å²) in [7, 11) is 0. The zero-order valence-corrected chi connectivity index (χ0v) is 27.2. The van der Waals surface area contributed by atoms with E-state index < -0.39 is 0 Å². The Morgan fingerprint density at radius 1 is 0.902 bits per heavy atom. The van der Waals surface area contributed by atoms with Crippen LogP contribution in [0.3, 0.4) is 0 Å². The largest absolute Gasteiger partial charge is 0.487 e. The van der Waals surface area contributed by atoms with Gasteiger partial charge in [0.25, 0.3) is 5.91 Å². The number of fused-ring (bicyclic) bond motifs is 1. The molecule has 0 fully saturated rings. The molecule has 1 aliphatic rings. The number of rotatable bonds is 14. The minimum absolute atomic E-state index is 0.144. The quantitative estimate of drug-likeness (QED) is 0.200. The van der Waals surface area contributed by atoms with Crippen molar-refractivity contribution < 1.29 is 9.53 Å². The number of anilines is 3. The van der Waals surface area contributed by atoms with Gasteiger partial charge in [0.15, 0.2) is 0 Å². The van der Waals surface area contributed by atoms with Gasteiger partial charge < -0.3 is 21.5 Å². The van der Waals surface area contributed by atoms with E-state index in [1.807, 2.05) is 13.8 Å². The van der Waals surface area contributed by atoms with Gasteiger partial charge in [0, 0.05) is 11.3 Å². The van der Waals surface area contributed by atoms with E-state index in [0.29, 0.717) is 22.6 Å². The van der Waals surface area contributed by atoms with Gasteiger partial charge in [-0.2, -0.15) is 0 Å². The zero-order valence-electron chi connectivity index (χ0n) is 27.2. The van der Waals surface area contributed by atoms with E-state index in [-0.39, 0.29) is 11.5 Å². The van der Waals surface area contributed by atoms with Crippen LogP contribution in [-0.4, -0.2) is 11.5 Å². The van der Waals surface area contributed by atoms with E-state index >= 15 is 0 Å². The molecule has 1 amide bonds. The van der Waals surface area contributed by atoms with Crippen LogP contribution in [0.4, 0.5) is 17.1 Å². The van der Waals surface area contributed by atoms with Crippen LogP contribution in [-0.2, 0) is 6.42 Å². The third-order valence-corrected chi connectivity index (χ3v) is 9.46. The van der Waals surface area contributed by atoms with Crippen LogP contribution in [0.1, 0.15) is 131 Å². The van der Waals surface area contributed by atoms with Gasteiger partial charge in [-0.05, 0) is 112 Å². The maximum absolute atomic E-state index is 13.4. The van der Waals surface area contributed by atoms with E-state index in [1.165, 1.54) is 51.4 Å². The smallest absolute Gasteiger partial charge is 0.256 e. The lowest BCUT2D eigenvalue weighted by Gasteiger charge is -2.38. The summed E-state index contributed by atoms with van der Waals surface area (Å²) in [6.45, 7) is 17.9. The molecule has 228 valence electrons. The monoisotopic (exact) mass is 563 g/mol. The minimum atomic E-state index is -0.163. The maximum atomic E-state index is 13.4. The highest BCUT2D eigenvalue weighted by Crippen LogP contribution is 2.43. The van der Waals surface area contributed by atoms with Gasteiger partial charge >= 0.3 is 0 Å². The molecule has 1 heterocycles. The van der Waals surface area contributed by atoms with E-state index in [1.54, 1.807) is 18.2 Å². The molecule has 0 bridgehead atoms. The fourth-order valence-electron chi connectivity index (χ4n) is 6.51. The van der Waals surface area contributed by atoms with E-state index in [9.17, 15) is 4.79 Å². The van der Waals surface area contributed by atoms with Crippen LogP contribution >= 0.6 is 0 Å². The first-order chi connectivity index (χ1) is 19.3. The number of benzene rings is 2. The standard InChI is InChI=1S/C36H57N3O2/c1-23(2)12-9-13-24(3)14-10-15-25(4)16-11-20-36(8)21-19-30-28(7)33(26(5)27(6)34(30)41-36)35(40)39-32-18-17-29(37)22-31(32)38/h17-18,22-25H,9-16,19-21,37-38H2,1-8H3,(H,39,40). The van der Waals surface area contributed by atoms with Crippen molar-refractivity contribution in [3.05, 3.63) is 46.0 Å².